The Bertz CT molecular complexity index is 1200. The molecule has 3 fully saturated rings. The first-order chi connectivity index (χ1) is 18.4. The van der Waals surface area contributed by atoms with Crippen molar-refractivity contribution in [1.82, 2.24) is 20.0 Å². The molecule has 4 amide bonds. The van der Waals surface area contributed by atoms with E-state index in [1.54, 1.807) is 4.90 Å². The highest BCUT2D eigenvalue weighted by Gasteiger charge is 2.56. The number of carboxylic acid groups (broad SMARTS) is 1. The largest absolute Gasteiger partial charge is 0.480 e. The van der Waals surface area contributed by atoms with Gasteiger partial charge in [0.1, 0.15) is 0 Å². The van der Waals surface area contributed by atoms with Gasteiger partial charge in [0, 0.05) is 32.6 Å². The molecule has 5 rings (SSSR count). The molecule has 9 heteroatoms. The predicted molar refractivity (Wildman–Crippen MR) is 142 cm³/mol. The Kier molecular flexibility index (Phi) is 7.93. The fourth-order valence-electron chi connectivity index (χ4n) is 6.05. The average molecular weight is 521 g/mol. The molecule has 3 aliphatic rings. The second kappa shape index (κ2) is 11.5. The van der Waals surface area contributed by atoms with E-state index >= 15 is 0 Å². The number of nitrogens with zero attached hydrogens (tertiary/aromatic N) is 3. The SMILES string of the molecule is O=C(O)[C@@H]1[C@@H](CC2CCNCC2)C(=O)N1C(=O)N1CCN(C(=O)CCCc2ccc3ccccc3c2)CC1. The van der Waals surface area contributed by atoms with Crippen LogP contribution in [-0.4, -0.2) is 88.9 Å². The third kappa shape index (κ3) is 5.53. The van der Waals surface area contributed by atoms with Crippen LogP contribution in [0.1, 0.15) is 37.7 Å². The summed E-state index contributed by atoms with van der Waals surface area (Å²) in [4.78, 5) is 54.9. The number of piperidine rings is 1. The van der Waals surface area contributed by atoms with Gasteiger partial charge in [-0.05, 0) is 67.4 Å². The normalized spacial score (nSPS) is 22.4. The third-order valence-corrected chi connectivity index (χ3v) is 8.29. The van der Waals surface area contributed by atoms with E-state index in [0.29, 0.717) is 44.9 Å². The van der Waals surface area contributed by atoms with Crippen molar-refractivity contribution < 1.29 is 24.3 Å². The van der Waals surface area contributed by atoms with Gasteiger partial charge >= 0.3 is 12.0 Å². The quantitative estimate of drug-likeness (QED) is 0.544. The lowest BCUT2D eigenvalue weighted by atomic mass is 9.78. The molecule has 2 aromatic rings. The summed E-state index contributed by atoms with van der Waals surface area (Å²) in [7, 11) is 0. The monoisotopic (exact) mass is 520 g/mol. The molecule has 0 saturated carbocycles. The summed E-state index contributed by atoms with van der Waals surface area (Å²) in [6.45, 7) is 3.11. The number of rotatable bonds is 7. The topological polar surface area (TPSA) is 110 Å². The zero-order valence-corrected chi connectivity index (χ0v) is 21.7. The summed E-state index contributed by atoms with van der Waals surface area (Å²) < 4.78 is 0. The van der Waals surface area contributed by atoms with Gasteiger partial charge in [-0.25, -0.2) is 14.5 Å². The molecule has 3 aliphatic heterocycles. The highest BCUT2D eigenvalue weighted by Crippen LogP contribution is 2.35. The molecule has 0 spiro atoms. The first kappa shape index (κ1) is 26.2. The van der Waals surface area contributed by atoms with Crippen molar-refractivity contribution in [3.8, 4) is 0 Å². The number of β-lactam (4-membered cyclic amide) rings is 1. The van der Waals surface area contributed by atoms with E-state index in [9.17, 15) is 24.3 Å². The molecule has 38 heavy (non-hydrogen) atoms. The Balaban J connectivity index is 1.08. The van der Waals surface area contributed by atoms with Crippen molar-refractivity contribution in [3.05, 3.63) is 48.0 Å². The number of carbonyl (C=O) groups excluding carboxylic acids is 3. The van der Waals surface area contributed by atoms with E-state index in [1.165, 1.54) is 21.2 Å². The average Bonchev–Trinajstić information content (AvgIpc) is 2.94. The molecule has 2 aromatic carbocycles. The van der Waals surface area contributed by atoms with Crippen molar-refractivity contribution in [3.63, 3.8) is 0 Å². The van der Waals surface area contributed by atoms with Crippen molar-refractivity contribution in [2.24, 2.45) is 11.8 Å². The summed E-state index contributed by atoms with van der Waals surface area (Å²) in [6.07, 6.45) is 4.36. The van der Waals surface area contributed by atoms with Crippen molar-refractivity contribution in [1.29, 1.82) is 0 Å². The number of amides is 4. The zero-order valence-electron chi connectivity index (χ0n) is 21.7. The number of hydrogen-bond acceptors (Lipinski definition) is 5. The van der Waals surface area contributed by atoms with Crippen LogP contribution in [0.15, 0.2) is 42.5 Å². The highest BCUT2D eigenvalue weighted by molar-refractivity contribution is 6.07. The summed E-state index contributed by atoms with van der Waals surface area (Å²) in [5, 5.41) is 15.4. The van der Waals surface area contributed by atoms with Gasteiger partial charge < -0.3 is 20.2 Å². The van der Waals surface area contributed by atoms with Crippen molar-refractivity contribution >= 4 is 34.6 Å². The number of fused-ring (bicyclic) bond motifs is 1. The van der Waals surface area contributed by atoms with Gasteiger partial charge in [0.15, 0.2) is 6.04 Å². The molecular formula is C29H36N4O5. The van der Waals surface area contributed by atoms with E-state index in [1.807, 2.05) is 12.1 Å². The van der Waals surface area contributed by atoms with Gasteiger partial charge in [-0.3, -0.25) is 9.59 Å². The predicted octanol–water partition coefficient (Wildman–Crippen LogP) is 2.73. The van der Waals surface area contributed by atoms with E-state index in [0.717, 1.165) is 43.7 Å². The number of aliphatic carboxylic acids is 1. The minimum absolute atomic E-state index is 0.0587. The van der Waals surface area contributed by atoms with Crippen LogP contribution in [0.2, 0.25) is 0 Å². The molecule has 2 atom stereocenters. The number of piperazine rings is 1. The number of carboxylic acids is 1. The number of likely N-dealkylation sites (tertiary alicyclic amines) is 1. The third-order valence-electron chi connectivity index (χ3n) is 8.29. The molecule has 9 nitrogen and oxygen atoms in total. The molecule has 3 heterocycles. The maximum absolute atomic E-state index is 13.1. The summed E-state index contributed by atoms with van der Waals surface area (Å²) >= 11 is 0. The van der Waals surface area contributed by atoms with E-state index < -0.39 is 24.0 Å². The van der Waals surface area contributed by atoms with Gasteiger partial charge in [0.2, 0.25) is 11.8 Å². The lowest BCUT2D eigenvalue weighted by molar-refractivity contribution is -0.167. The van der Waals surface area contributed by atoms with Crippen LogP contribution in [0.25, 0.3) is 10.8 Å². The van der Waals surface area contributed by atoms with Gasteiger partial charge in [0.25, 0.3) is 0 Å². The smallest absolute Gasteiger partial charge is 0.327 e. The lowest BCUT2D eigenvalue weighted by Gasteiger charge is -2.47. The minimum Gasteiger partial charge on any atom is -0.480 e. The maximum Gasteiger partial charge on any atom is 0.327 e. The van der Waals surface area contributed by atoms with Gasteiger partial charge in [-0.15, -0.1) is 0 Å². The molecule has 0 aliphatic carbocycles. The first-order valence-electron chi connectivity index (χ1n) is 13.7. The first-order valence-corrected chi connectivity index (χ1v) is 13.7. The molecular weight excluding hydrogens is 484 g/mol. The van der Waals surface area contributed by atoms with Crippen LogP contribution in [0.3, 0.4) is 0 Å². The van der Waals surface area contributed by atoms with Gasteiger partial charge in [-0.2, -0.15) is 0 Å². The van der Waals surface area contributed by atoms with Crippen molar-refractivity contribution in [2.75, 3.05) is 39.3 Å². The Labute approximate surface area is 222 Å². The van der Waals surface area contributed by atoms with Gasteiger partial charge in [0.05, 0.1) is 5.92 Å². The fourth-order valence-corrected chi connectivity index (χ4v) is 6.05. The van der Waals surface area contributed by atoms with Crippen LogP contribution >= 0.6 is 0 Å². The fraction of sp³-hybridized carbons (Fsp3) is 0.517. The standard InChI is InChI=1S/C29H36N4O5/c34-25(7-3-4-20-8-9-22-5-1-2-6-23(22)18-20)31-14-16-32(17-15-31)29(38)33-26(28(36)37)24(27(33)35)19-21-10-12-30-13-11-21/h1-2,5-6,8-9,18,21,24,26,30H,3-4,7,10-17,19H2,(H,36,37)/t24-,26+/m1/s1. The molecule has 202 valence electrons. The second-order valence-corrected chi connectivity index (χ2v) is 10.7. The number of hydrogen-bond donors (Lipinski definition) is 2. The van der Waals surface area contributed by atoms with E-state index in [-0.39, 0.29) is 11.8 Å². The van der Waals surface area contributed by atoms with Crippen molar-refractivity contribution in [2.45, 2.75) is 44.6 Å². The lowest BCUT2D eigenvalue weighted by Crippen LogP contribution is -2.69. The number of imide groups is 1. The Morgan fingerprint density at radius 2 is 1.61 bits per heavy atom. The van der Waals surface area contributed by atoms with E-state index in [4.69, 9.17) is 0 Å². The molecule has 0 bridgehead atoms. The number of benzene rings is 2. The van der Waals surface area contributed by atoms with Crippen LogP contribution in [-0.2, 0) is 20.8 Å². The minimum atomic E-state index is -1.13. The number of urea groups is 1. The number of nitrogens with one attached hydrogen (secondary N) is 1. The molecule has 0 unspecified atom stereocenters. The Morgan fingerprint density at radius 3 is 2.32 bits per heavy atom. The highest BCUT2D eigenvalue weighted by atomic mass is 16.4. The maximum atomic E-state index is 13.1. The number of carbonyl (C=O) groups is 4. The zero-order chi connectivity index (χ0) is 26.6. The van der Waals surface area contributed by atoms with Crippen LogP contribution < -0.4 is 5.32 Å². The molecule has 0 aromatic heterocycles. The molecule has 0 radical (unpaired) electrons. The summed E-state index contributed by atoms with van der Waals surface area (Å²) in [5.41, 5.74) is 1.21. The second-order valence-electron chi connectivity index (χ2n) is 10.7. The Hall–Kier alpha value is -3.46. The molecule has 3 saturated heterocycles. The summed E-state index contributed by atoms with van der Waals surface area (Å²) in [5.74, 6) is -1.78. The van der Waals surface area contributed by atoms with Crippen LogP contribution in [0, 0.1) is 11.8 Å². The molecule has 2 N–H and O–H groups in total. The van der Waals surface area contributed by atoms with Crippen LogP contribution in [0.4, 0.5) is 4.79 Å². The number of aryl methyl sites for hydroxylation is 1. The Morgan fingerprint density at radius 1 is 0.921 bits per heavy atom. The summed E-state index contributed by atoms with van der Waals surface area (Å²) in [6, 6.07) is 13.0. The van der Waals surface area contributed by atoms with Gasteiger partial charge in [-0.1, -0.05) is 42.5 Å². The van der Waals surface area contributed by atoms with Crippen LogP contribution in [0.5, 0.6) is 0 Å². The van der Waals surface area contributed by atoms with E-state index in [2.05, 4.69) is 35.6 Å².